The predicted molar refractivity (Wildman–Crippen MR) is 270 cm³/mol. The molecule has 40 heteroatoms. The Bertz CT molecular complexity index is 1400. The average molecular weight is 1560 g/mol. The Kier molecular flexibility index (Phi) is 25.9. The van der Waals surface area contributed by atoms with E-state index in [1.165, 1.54) is 0 Å². The van der Waals surface area contributed by atoms with Crippen LogP contribution in [0.4, 0.5) is 0 Å². The predicted octanol–water partition coefficient (Wildman–Crippen LogP) is 20.4. The second-order valence-electron chi connectivity index (χ2n) is 9.85. The normalized spacial score (nSPS) is 16.8. The van der Waals surface area contributed by atoms with Crippen LogP contribution < -0.4 is 0 Å². The molecule has 0 spiro atoms. The minimum Gasteiger partial charge on any atom is -0.288 e. The fraction of sp³-hybridized carbons (Fsp3) is 1.00. The van der Waals surface area contributed by atoms with Gasteiger partial charge in [-0.05, 0) is 0 Å². The summed E-state index contributed by atoms with van der Waals surface area (Å²) in [5.41, 5.74) is 0. The van der Waals surface area contributed by atoms with Crippen molar-refractivity contribution in [1.82, 2.24) is 0 Å². The van der Waals surface area contributed by atoms with Crippen LogP contribution in [0.2, 0.25) is 0 Å². The molecule has 0 rings (SSSR count). The Morgan fingerprint density at radius 1 is 0.193 bits per heavy atom. The van der Waals surface area contributed by atoms with Crippen LogP contribution in [0, 0.1) is 0 Å². The van der Waals surface area contributed by atoms with Gasteiger partial charge in [-0.25, -0.2) is 8.42 Å². The van der Waals surface area contributed by atoms with Crippen molar-refractivity contribution in [2.45, 2.75) is 72.6 Å². The average Bonchev–Trinajstić information content (AvgIpc) is 2.94. The molecule has 57 heavy (non-hydrogen) atoms. The molecular weight excluding hydrogens is 1560 g/mol. The van der Waals surface area contributed by atoms with Gasteiger partial charge in [0.15, 0.2) is 56.3 Å². The largest absolute Gasteiger partial charge is 0.288 e. The number of hydrogen-bond acceptors (Lipinski definition) is 2. The SMILES string of the molecule is ClC(Cl)(Cl)C(Cl)(Cl)C(Cl)(Cl)C(Cl)(Cl)C(Cl)(Cl)C(Cl)(Cl)C(Cl)(Cl)C(Cl)(Cl)C(Cl)(Cl)C(Cl)(Cl)C(Cl)(Cl)C(Cl)(Cl)C(Cl)(Cl)C(Cl)(Cl)C(Cl)(Cl)C(Cl)(Cl)C(Cl)(Cl)Cl.O=[SH](=O)O. The second-order valence-corrected chi connectivity index (χ2v) is 34.8. The van der Waals surface area contributed by atoms with E-state index in [4.69, 9.17) is 431 Å². The van der Waals surface area contributed by atoms with Crippen LogP contribution in [-0.4, -0.2) is 85.6 Å². The highest BCUT2D eigenvalue weighted by molar-refractivity contribution is 7.66. The van der Waals surface area contributed by atoms with Gasteiger partial charge in [0.05, 0.1) is 0 Å². The van der Waals surface area contributed by atoms with Crippen molar-refractivity contribution in [1.29, 1.82) is 0 Å². The first kappa shape index (κ1) is 69.4. The zero-order chi connectivity index (χ0) is 48.1. The summed E-state index contributed by atoms with van der Waals surface area (Å²) in [5.74, 6) is 0. The Morgan fingerprint density at radius 2 is 0.246 bits per heavy atom. The summed E-state index contributed by atoms with van der Waals surface area (Å²) < 4.78 is -33.5. The summed E-state index contributed by atoms with van der Waals surface area (Å²) in [6.07, 6.45) is 0. The molecule has 0 aromatic carbocycles. The van der Waals surface area contributed by atoms with Crippen LogP contribution in [0.25, 0.3) is 0 Å². The molecule has 0 fully saturated rings. The summed E-state index contributed by atoms with van der Waals surface area (Å²) in [5, 5.41) is 0. The van der Waals surface area contributed by atoms with Crippen LogP contribution in [0.15, 0.2) is 0 Å². The highest BCUT2D eigenvalue weighted by Gasteiger charge is 2.88. The van der Waals surface area contributed by atoms with E-state index < -0.39 is 83.6 Å². The van der Waals surface area contributed by atoms with Gasteiger partial charge in [0.1, 0.15) is 0 Å². The van der Waals surface area contributed by atoms with Gasteiger partial charge in [-0.2, -0.15) is 0 Å². The zero-order valence-electron chi connectivity index (χ0n) is 23.8. The lowest BCUT2D eigenvalue weighted by molar-refractivity contribution is 0.395. The van der Waals surface area contributed by atoms with E-state index in [1.54, 1.807) is 0 Å². The minimum absolute atomic E-state index is 2.86. The van der Waals surface area contributed by atoms with Crippen LogP contribution in [0.5, 0.6) is 0 Å². The zero-order valence-corrected chi connectivity index (χ0v) is 51.9. The van der Waals surface area contributed by atoms with E-state index in [0.717, 1.165) is 0 Å². The fourth-order valence-electron chi connectivity index (χ4n) is 2.92. The van der Waals surface area contributed by atoms with Crippen LogP contribution in [-0.2, 0) is 11.0 Å². The van der Waals surface area contributed by atoms with Gasteiger partial charge in [-0.3, -0.25) is 4.55 Å². The molecule has 0 bridgehead atoms. The molecule has 0 aliphatic heterocycles. The van der Waals surface area contributed by atoms with Gasteiger partial charge >= 0.3 is 0 Å². The van der Waals surface area contributed by atoms with Crippen LogP contribution in [0.1, 0.15) is 0 Å². The summed E-state index contributed by atoms with van der Waals surface area (Å²) in [4.78, 5) is 0. The van der Waals surface area contributed by atoms with Crippen molar-refractivity contribution in [3.8, 4) is 0 Å². The van der Waals surface area contributed by atoms with Crippen molar-refractivity contribution in [3.05, 3.63) is 0 Å². The van der Waals surface area contributed by atoms with Gasteiger partial charge in [0, 0.05) is 0 Å². The monoisotopic (exact) mass is 1540 g/mol. The lowest BCUT2D eigenvalue weighted by atomic mass is 9.96. The number of halogens is 36. The summed E-state index contributed by atoms with van der Waals surface area (Å²) >= 11 is 227. The molecule has 346 valence electrons. The Labute approximate surface area is 505 Å². The van der Waals surface area contributed by atoms with Crippen molar-refractivity contribution in [3.63, 3.8) is 0 Å². The Hall–Kier alpha value is 10.3. The number of rotatable bonds is 14. The molecule has 0 saturated carbocycles. The standard InChI is InChI=1S/C17Cl36.H2O3S/c18-1(19,2(20,21)4(24,25)6(28,29)8(32,33)10(36,37)12(40,41)14(44,45)16(48,49)50)3(22,23)5(26,27)7(30,31)9(34,35)11(38,39)13(42,43)15(46,47)17(51,52)53;1-4(2)3/h;4H,(H,1,2,3). The number of alkyl halides is 36. The maximum atomic E-state index is 8.59. The van der Waals surface area contributed by atoms with Gasteiger partial charge in [0.25, 0.3) is 11.0 Å². The van der Waals surface area contributed by atoms with Crippen molar-refractivity contribution >= 4 is 429 Å². The van der Waals surface area contributed by atoms with Crippen LogP contribution in [0.3, 0.4) is 0 Å². The summed E-state index contributed by atoms with van der Waals surface area (Å²) in [7, 11) is -3.12. The minimum atomic E-state index is -3.67. The number of thiol groups is 1. The fourth-order valence-corrected chi connectivity index (χ4v) is 14.8. The lowest BCUT2D eigenvalue weighted by Crippen LogP contribution is -2.76. The van der Waals surface area contributed by atoms with E-state index in [-0.39, 0.29) is 0 Å². The third-order valence-corrected chi connectivity index (χ3v) is 31.5. The second kappa shape index (κ2) is 21.3. The van der Waals surface area contributed by atoms with E-state index in [2.05, 4.69) is 0 Å². The van der Waals surface area contributed by atoms with E-state index in [0.29, 0.717) is 0 Å². The molecule has 3 nitrogen and oxygen atoms in total. The molecule has 0 heterocycles. The van der Waals surface area contributed by atoms with E-state index >= 15 is 0 Å². The highest BCUT2D eigenvalue weighted by Crippen LogP contribution is 2.78. The molecular formula is C17H2Cl36O3S. The molecule has 0 aliphatic carbocycles. The molecule has 0 aliphatic rings. The highest BCUT2D eigenvalue weighted by atomic mass is 35.6. The Morgan fingerprint density at radius 3 is 0.298 bits per heavy atom. The maximum Gasteiger partial charge on any atom is 0.254 e. The van der Waals surface area contributed by atoms with Gasteiger partial charge in [-0.1, -0.05) is 418 Å². The number of hydrogen-bond donors (Lipinski definition) is 2. The topological polar surface area (TPSA) is 54.4 Å². The third-order valence-electron chi connectivity index (χ3n) is 6.23. The first-order valence-corrected chi connectivity index (χ1v) is 26.1. The molecule has 0 amide bonds. The first-order valence-electron chi connectivity index (χ1n) is 11.4. The van der Waals surface area contributed by atoms with E-state index in [1.807, 2.05) is 0 Å². The molecule has 0 saturated heterocycles. The smallest absolute Gasteiger partial charge is 0.254 e. The van der Waals surface area contributed by atoms with Gasteiger partial charge in [-0.15, -0.1) is 0 Å². The summed E-state index contributed by atoms with van der Waals surface area (Å²) in [6, 6.07) is 0. The van der Waals surface area contributed by atoms with Crippen molar-refractivity contribution < 1.29 is 13.0 Å². The van der Waals surface area contributed by atoms with Gasteiger partial charge in [0.2, 0.25) is 16.3 Å². The quantitative estimate of drug-likeness (QED) is 0.104. The third kappa shape index (κ3) is 11.5. The van der Waals surface area contributed by atoms with E-state index in [9.17, 15) is 0 Å². The first-order chi connectivity index (χ1) is 23.7. The van der Waals surface area contributed by atoms with Crippen molar-refractivity contribution in [2.75, 3.05) is 0 Å². The lowest BCUT2D eigenvalue weighted by Gasteiger charge is -2.58. The Balaban J connectivity index is 0. The summed E-state index contributed by atoms with van der Waals surface area (Å²) in [6.45, 7) is 0. The van der Waals surface area contributed by atoms with Crippen molar-refractivity contribution in [2.24, 2.45) is 0 Å². The molecule has 0 unspecified atom stereocenters. The van der Waals surface area contributed by atoms with Gasteiger partial charge < -0.3 is 0 Å². The molecule has 0 atom stereocenters. The molecule has 0 aromatic rings. The maximum absolute atomic E-state index is 8.59. The molecule has 0 radical (unpaired) electrons. The van der Waals surface area contributed by atoms with Crippen LogP contribution >= 0.6 is 418 Å². The molecule has 0 aromatic heterocycles. The molecule has 1 N–H and O–H groups in total.